The molecule has 3 aromatic rings. The van der Waals surface area contributed by atoms with Crippen molar-refractivity contribution in [1.29, 1.82) is 0 Å². The highest BCUT2D eigenvalue weighted by Crippen LogP contribution is 2.25. The van der Waals surface area contributed by atoms with E-state index >= 15 is 0 Å². The Balaban J connectivity index is 1.76. The van der Waals surface area contributed by atoms with Gasteiger partial charge in [-0.2, -0.15) is 5.10 Å². The second-order valence-electron chi connectivity index (χ2n) is 4.75. The fraction of sp³-hybridized carbons (Fsp3) is 0.188. The van der Waals surface area contributed by atoms with E-state index in [0.29, 0.717) is 12.2 Å². The molecule has 0 aliphatic carbocycles. The number of pyridine rings is 1. The molecule has 0 bridgehead atoms. The van der Waals surface area contributed by atoms with Gasteiger partial charge in [0.05, 0.1) is 10.6 Å². The second kappa shape index (κ2) is 6.53. The lowest BCUT2D eigenvalue weighted by Gasteiger charge is -2.02. The van der Waals surface area contributed by atoms with Crippen LogP contribution in [0.3, 0.4) is 0 Å². The molecule has 0 aliphatic heterocycles. The predicted octanol–water partition coefficient (Wildman–Crippen LogP) is 2.96. The maximum atomic E-state index is 12.3. The van der Waals surface area contributed by atoms with Crippen molar-refractivity contribution in [2.45, 2.75) is 20.0 Å². The number of carbonyl (C=O) groups is 1. The summed E-state index contributed by atoms with van der Waals surface area (Å²) in [6, 6.07) is 9.64. The van der Waals surface area contributed by atoms with Crippen molar-refractivity contribution in [3.63, 3.8) is 0 Å². The Kier molecular flexibility index (Phi) is 4.29. The maximum absolute atomic E-state index is 12.3. The summed E-state index contributed by atoms with van der Waals surface area (Å²) in [6.07, 6.45) is 3.45. The molecule has 1 amide bonds. The molecule has 0 fully saturated rings. The summed E-state index contributed by atoms with van der Waals surface area (Å²) in [5.74, 6) is -0.172. The van der Waals surface area contributed by atoms with E-state index in [4.69, 9.17) is 0 Å². The minimum atomic E-state index is -0.172. The Hall–Kier alpha value is -2.47. The zero-order chi connectivity index (χ0) is 15.4. The average molecular weight is 312 g/mol. The summed E-state index contributed by atoms with van der Waals surface area (Å²) >= 11 is 1.64. The summed E-state index contributed by atoms with van der Waals surface area (Å²) in [5.41, 5.74) is 2.38. The molecule has 3 aromatic heterocycles. The first-order valence-electron chi connectivity index (χ1n) is 7.06. The van der Waals surface area contributed by atoms with Gasteiger partial charge < -0.3 is 5.32 Å². The Morgan fingerprint density at radius 3 is 2.95 bits per heavy atom. The summed E-state index contributed by atoms with van der Waals surface area (Å²) < 4.78 is 1.85. The standard InChI is InChI=1S/C16H16N4OS/c1-2-20-14(15-6-4-8-22-15)9-13(19-20)16(21)18-11-12-5-3-7-17-10-12/h3-10H,2,11H2,1H3,(H,18,21). The van der Waals surface area contributed by atoms with Crippen LogP contribution in [0, 0.1) is 0 Å². The lowest BCUT2D eigenvalue weighted by molar-refractivity contribution is 0.0945. The number of hydrogen-bond donors (Lipinski definition) is 1. The van der Waals surface area contributed by atoms with E-state index < -0.39 is 0 Å². The summed E-state index contributed by atoms with van der Waals surface area (Å²) in [5, 5.41) is 9.28. The Labute approximate surface area is 132 Å². The fourth-order valence-electron chi connectivity index (χ4n) is 2.17. The molecule has 6 heteroatoms. The van der Waals surface area contributed by atoms with E-state index in [2.05, 4.69) is 15.4 Å². The van der Waals surface area contributed by atoms with E-state index in [9.17, 15) is 4.79 Å². The minimum Gasteiger partial charge on any atom is -0.347 e. The molecule has 5 nitrogen and oxygen atoms in total. The third-order valence-corrected chi connectivity index (χ3v) is 4.15. The monoisotopic (exact) mass is 312 g/mol. The zero-order valence-electron chi connectivity index (χ0n) is 12.2. The van der Waals surface area contributed by atoms with Gasteiger partial charge >= 0.3 is 0 Å². The number of carbonyl (C=O) groups excluding carboxylic acids is 1. The summed E-state index contributed by atoms with van der Waals surface area (Å²) in [4.78, 5) is 17.4. The third-order valence-electron chi connectivity index (χ3n) is 3.26. The Morgan fingerprint density at radius 1 is 1.36 bits per heavy atom. The van der Waals surface area contributed by atoms with Crippen LogP contribution in [0.2, 0.25) is 0 Å². The largest absolute Gasteiger partial charge is 0.347 e. The normalized spacial score (nSPS) is 10.6. The fourth-order valence-corrected chi connectivity index (χ4v) is 2.91. The molecule has 3 heterocycles. The van der Waals surface area contributed by atoms with Crippen molar-refractivity contribution in [3.05, 3.63) is 59.4 Å². The number of nitrogens with zero attached hydrogens (tertiary/aromatic N) is 3. The van der Waals surface area contributed by atoms with Crippen LogP contribution in [0.25, 0.3) is 10.6 Å². The van der Waals surface area contributed by atoms with Crippen molar-refractivity contribution in [1.82, 2.24) is 20.1 Å². The number of aromatic nitrogens is 3. The summed E-state index contributed by atoms with van der Waals surface area (Å²) in [6.45, 7) is 3.19. The van der Waals surface area contributed by atoms with E-state index in [-0.39, 0.29) is 5.91 Å². The van der Waals surface area contributed by atoms with Gasteiger partial charge in [-0.3, -0.25) is 14.5 Å². The van der Waals surface area contributed by atoms with Gasteiger partial charge in [0.1, 0.15) is 0 Å². The molecule has 112 valence electrons. The number of aryl methyl sites for hydroxylation is 1. The van der Waals surface area contributed by atoms with Crippen molar-refractivity contribution in [3.8, 4) is 10.6 Å². The van der Waals surface area contributed by atoms with Crippen LogP contribution in [0.15, 0.2) is 48.1 Å². The molecular formula is C16H16N4OS. The lowest BCUT2D eigenvalue weighted by Crippen LogP contribution is -2.23. The van der Waals surface area contributed by atoms with Crippen LogP contribution in [0.1, 0.15) is 23.0 Å². The number of thiophene rings is 1. The van der Waals surface area contributed by atoms with Crippen LogP contribution in [0.4, 0.5) is 0 Å². The van der Waals surface area contributed by atoms with E-state index in [1.165, 1.54) is 0 Å². The van der Waals surface area contributed by atoms with Crippen LogP contribution in [-0.4, -0.2) is 20.7 Å². The zero-order valence-corrected chi connectivity index (χ0v) is 13.0. The number of hydrogen-bond acceptors (Lipinski definition) is 4. The van der Waals surface area contributed by atoms with Gasteiger partial charge in [-0.1, -0.05) is 12.1 Å². The SMILES string of the molecule is CCn1nc(C(=O)NCc2cccnc2)cc1-c1cccs1. The molecule has 0 aromatic carbocycles. The van der Waals surface area contributed by atoms with Crippen molar-refractivity contribution < 1.29 is 4.79 Å². The number of rotatable bonds is 5. The topological polar surface area (TPSA) is 59.8 Å². The molecule has 0 atom stereocenters. The third kappa shape index (κ3) is 3.07. The predicted molar refractivity (Wildman–Crippen MR) is 86.6 cm³/mol. The smallest absolute Gasteiger partial charge is 0.272 e. The van der Waals surface area contributed by atoms with Crippen molar-refractivity contribution in [2.24, 2.45) is 0 Å². The van der Waals surface area contributed by atoms with E-state index in [0.717, 1.165) is 22.7 Å². The van der Waals surface area contributed by atoms with Gasteiger partial charge in [-0.05, 0) is 36.1 Å². The molecule has 0 unspecified atom stereocenters. The maximum Gasteiger partial charge on any atom is 0.272 e. The summed E-state index contributed by atoms with van der Waals surface area (Å²) in [7, 11) is 0. The molecule has 0 saturated carbocycles. The quantitative estimate of drug-likeness (QED) is 0.788. The highest BCUT2D eigenvalue weighted by atomic mass is 32.1. The first kappa shape index (κ1) is 14.5. The Bertz CT molecular complexity index is 750. The van der Waals surface area contributed by atoms with Crippen LogP contribution in [-0.2, 0) is 13.1 Å². The van der Waals surface area contributed by atoms with Crippen molar-refractivity contribution in [2.75, 3.05) is 0 Å². The number of amides is 1. The van der Waals surface area contributed by atoms with Crippen LogP contribution >= 0.6 is 11.3 Å². The minimum absolute atomic E-state index is 0.172. The first-order chi connectivity index (χ1) is 10.8. The van der Waals surface area contributed by atoms with E-state index in [1.54, 1.807) is 23.7 Å². The molecule has 0 saturated heterocycles. The van der Waals surface area contributed by atoms with Gasteiger partial charge in [0.25, 0.3) is 5.91 Å². The highest BCUT2D eigenvalue weighted by Gasteiger charge is 2.15. The molecule has 0 spiro atoms. The first-order valence-corrected chi connectivity index (χ1v) is 7.94. The van der Waals surface area contributed by atoms with Gasteiger partial charge in [0.2, 0.25) is 0 Å². The van der Waals surface area contributed by atoms with Crippen LogP contribution in [0.5, 0.6) is 0 Å². The lowest BCUT2D eigenvalue weighted by atomic mass is 10.2. The van der Waals surface area contributed by atoms with Crippen LogP contribution < -0.4 is 5.32 Å². The highest BCUT2D eigenvalue weighted by molar-refractivity contribution is 7.13. The molecule has 3 rings (SSSR count). The van der Waals surface area contributed by atoms with E-state index in [1.807, 2.05) is 47.3 Å². The molecular weight excluding hydrogens is 296 g/mol. The molecule has 1 N–H and O–H groups in total. The van der Waals surface area contributed by atoms with Gasteiger partial charge in [0.15, 0.2) is 5.69 Å². The number of nitrogens with one attached hydrogen (secondary N) is 1. The van der Waals surface area contributed by atoms with Gasteiger partial charge in [-0.25, -0.2) is 0 Å². The average Bonchev–Trinajstić information content (AvgIpc) is 3.22. The molecule has 0 aliphatic rings. The molecule has 22 heavy (non-hydrogen) atoms. The molecule has 0 radical (unpaired) electrons. The second-order valence-corrected chi connectivity index (χ2v) is 5.70. The van der Waals surface area contributed by atoms with Crippen molar-refractivity contribution >= 4 is 17.2 Å². The van der Waals surface area contributed by atoms with Gasteiger partial charge in [-0.15, -0.1) is 11.3 Å². The Morgan fingerprint density at radius 2 is 2.27 bits per heavy atom. The van der Waals surface area contributed by atoms with Gasteiger partial charge in [0, 0.05) is 25.5 Å².